The van der Waals surface area contributed by atoms with Crippen molar-refractivity contribution >= 4 is 0 Å². The van der Waals surface area contributed by atoms with Crippen LogP contribution >= 0.6 is 0 Å². The van der Waals surface area contributed by atoms with E-state index < -0.39 is 0 Å². The van der Waals surface area contributed by atoms with Crippen molar-refractivity contribution in [2.75, 3.05) is 7.11 Å². The number of ether oxygens (including phenoxy) is 1. The molecule has 60 valence electrons. The van der Waals surface area contributed by atoms with Crippen LogP contribution in [0.1, 0.15) is 26.2 Å². The summed E-state index contributed by atoms with van der Waals surface area (Å²) in [6.07, 6.45) is 3.87. The number of rotatable bonds is 1. The Kier molecular flexibility index (Phi) is 2.69. The van der Waals surface area contributed by atoms with Gasteiger partial charge in [-0.2, -0.15) is 0 Å². The monoisotopic (exact) mass is 143 g/mol. The van der Waals surface area contributed by atoms with Crippen LogP contribution in [0.15, 0.2) is 0 Å². The lowest BCUT2D eigenvalue weighted by molar-refractivity contribution is 0.0507. The van der Waals surface area contributed by atoms with E-state index in [-0.39, 0.29) is 0 Å². The Balaban J connectivity index is 2.33. The van der Waals surface area contributed by atoms with Gasteiger partial charge in [0.15, 0.2) is 0 Å². The van der Waals surface area contributed by atoms with Gasteiger partial charge >= 0.3 is 0 Å². The van der Waals surface area contributed by atoms with Gasteiger partial charge < -0.3 is 10.5 Å². The molecule has 2 nitrogen and oxygen atoms in total. The Morgan fingerprint density at radius 2 is 2.10 bits per heavy atom. The molecule has 0 saturated heterocycles. The lowest BCUT2D eigenvalue weighted by Gasteiger charge is -2.30. The molecular formula is C8H17NO. The van der Waals surface area contributed by atoms with Crippen LogP contribution in [-0.2, 0) is 4.74 Å². The summed E-state index contributed by atoms with van der Waals surface area (Å²) in [6.45, 7) is 2.22. The van der Waals surface area contributed by atoms with E-state index >= 15 is 0 Å². The molecule has 0 spiro atoms. The molecule has 0 heterocycles. The highest BCUT2D eigenvalue weighted by Crippen LogP contribution is 2.24. The van der Waals surface area contributed by atoms with E-state index in [9.17, 15) is 0 Å². The molecule has 10 heavy (non-hydrogen) atoms. The molecule has 0 aliphatic heterocycles. The molecule has 1 aliphatic carbocycles. The van der Waals surface area contributed by atoms with Crippen LogP contribution in [0.4, 0.5) is 0 Å². The second-order valence-electron chi connectivity index (χ2n) is 3.31. The minimum absolute atomic E-state index is 0.360. The molecule has 0 aromatic rings. The van der Waals surface area contributed by atoms with E-state index in [1.807, 2.05) is 0 Å². The highest BCUT2D eigenvalue weighted by molar-refractivity contribution is 4.80. The summed E-state index contributed by atoms with van der Waals surface area (Å²) >= 11 is 0. The van der Waals surface area contributed by atoms with Crippen LogP contribution in [-0.4, -0.2) is 19.3 Å². The molecule has 1 rings (SSSR count). The Morgan fingerprint density at radius 3 is 2.60 bits per heavy atom. The van der Waals surface area contributed by atoms with Gasteiger partial charge in [-0.3, -0.25) is 0 Å². The normalized spacial score (nSPS) is 41.7. The zero-order valence-electron chi connectivity index (χ0n) is 6.84. The molecule has 1 aliphatic rings. The fraction of sp³-hybridized carbons (Fsp3) is 1.00. The van der Waals surface area contributed by atoms with Crippen LogP contribution < -0.4 is 5.73 Å². The first-order chi connectivity index (χ1) is 4.74. The first-order valence-electron chi connectivity index (χ1n) is 4.02. The lowest BCUT2D eigenvalue weighted by atomic mass is 9.85. The van der Waals surface area contributed by atoms with E-state index in [1.165, 1.54) is 12.8 Å². The fourth-order valence-corrected chi connectivity index (χ4v) is 1.53. The second-order valence-corrected chi connectivity index (χ2v) is 3.31. The number of hydrogen-bond acceptors (Lipinski definition) is 2. The van der Waals surface area contributed by atoms with Crippen molar-refractivity contribution in [3.63, 3.8) is 0 Å². The van der Waals surface area contributed by atoms with Crippen LogP contribution in [0.5, 0.6) is 0 Å². The van der Waals surface area contributed by atoms with Crippen molar-refractivity contribution in [3.05, 3.63) is 0 Å². The Hall–Kier alpha value is -0.0800. The highest BCUT2D eigenvalue weighted by Gasteiger charge is 2.24. The standard InChI is InChI=1S/C8H17NO/c1-6-3-4-7(10-2)5-8(6)9/h6-8H,3-5,9H2,1-2H3. The maximum atomic E-state index is 5.86. The van der Waals surface area contributed by atoms with Gasteiger partial charge in [-0.25, -0.2) is 0 Å². The fourth-order valence-electron chi connectivity index (χ4n) is 1.53. The van der Waals surface area contributed by atoms with E-state index in [1.54, 1.807) is 7.11 Å². The minimum Gasteiger partial charge on any atom is -0.381 e. The summed E-state index contributed by atoms with van der Waals surface area (Å²) < 4.78 is 5.23. The van der Waals surface area contributed by atoms with Gasteiger partial charge in [0.25, 0.3) is 0 Å². The Morgan fingerprint density at radius 1 is 1.40 bits per heavy atom. The lowest BCUT2D eigenvalue weighted by Crippen LogP contribution is -2.37. The summed E-state index contributed by atoms with van der Waals surface area (Å²) in [5, 5.41) is 0. The zero-order chi connectivity index (χ0) is 7.56. The predicted octanol–water partition coefficient (Wildman–Crippen LogP) is 1.15. The Labute approximate surface area is 62.7 Å². The van der Waals surface area contributed by atoms with Crippen molar-refractivity contribution < 1.29 is 4.74 Å². The minimum atomic E-state index is 0.360. The van der Waals surface area contributed by atoms with Gasteiger partial charge in [0.2, 0.25) is 0 Å². The molecule has 0 aromatic carbocycles. The largest absolute Gasteiger partial charge is 0.381 e. The predicted molar refractivity (Wildman–Crippen MR) is 41.8 cm³/mol. The third-order valence-corrected chi connectivity index (χ3v) is 2.54. The maximum Gasteiger partial charge on any atom is 0.0586 e. The maximum absolute atomic E-state index is 5.86. The molecule has 2 N–H and O–H groups in total. The molecule has 0 aromatic heterocycles. The first kappa shape index (κ1) is 8.02. The van der Waals surface area contributed by atoms with Gasteiger partial charge in [-0.05, 0) is 25.2 Å². The quantitative estimate of drug-likeness (QED) is 0.597. The molecule has 2 heteroatoms. The highest BCUT2D eigenvalue weighted by atomic mass is 16.5. The summed E-state index contributed by atoms with van der Waals surface area (Å²) in [6, 6.07) is 0.360. The molecule has 3 unspecified atom stereocenters. The third-order valence-electron chi connectivity index (χ3n) is 2.54. The molecule has 0 radical (unpaired) electrons. The van der Waals surface area contributed by atoms with Gasteiger partial charge in [0, 0.05) is 13.2 Å². The van der Waals surface area contributed by atoms with E-state index in [4.69, 9.17) is 10.5 Å². The second kappa shape index (κ2) is 3.35. The van der Waals surface area contributed by atoms with Crippen LogP contribution in [0.25, 0.3) is 0 Å². The summed E-state index contributed by atoms with van der Waals surface area (Å²) in [7, 11) is 1.77. The summed E-state index contributed by atoms with van der Waals surface area (Å²) in [4.78, 5) is 0. The van der Waals surface area contributed by atoms with Gasteiger partial charge in [-0.1, -0.05) is 6.92 Å². The average Bonchev–Trinajstić information content (AvgIpc) is 1.95. The molecular weight excluding hydrogens is 126 g/mol. The summed E-state index contributed by atoms with van der Waals surface area (Å²) in [5.41, 5.74) is 5.86. The third kappa shape index (κ3) is 1.70. The molecule has 3 atom stereocenters. The molecule has 1 saturated carbocycles. The number of hydrogen-bond donors (Lipinski definition) is 1. The van der Waals surface area contributed by atoms with Crippen LogP contribution in [0.3, 0.4) is 0 Å². The van der Waals surface area contributed by atoms with Crippen molar-refractivity contribution in [2.24, 2.45) is 11.7 Å². The van der Waals surface area contributed by atoms with E-state index in [2.05, 4.69) is 6.92 Å². The van der Waals surface area contributed by atoms with Gasteiger partial charge in [0.1, 0.15) is 0 Å². The number of methoxy groups -OCH3 is 1. The van der Waals surface area contributed by atoms with Gasteiger partial charge in [0.05, 0.1) is 6.10 Å². The Bertz CT molecular complexity index is 105. The van der Waals surface area contributed by atoms with Crippen LogP contribution in [0, 0.1) is 5.92 Å². The molecule has 0 bridgehead atoms. The van der Waals surface area contributed by atoms with Crippen molar-refractivity contribution in [2.45, 2.75) is 38.3 Å². The summed E-state index contributed by atoms with van der Waals surface area (Å²) in [5.74, 6) is 0.686. The topological polar surface area (TPSA) is 35.2 Å². The van der Waals surface area contributed by atoms with Crippen molar-refractivity contribution in [3.8, 4) is 0 Å². The SMILES string of the molecule is COC1CCC(C)C(N)C1. The van der Waals surface area contributed by atoms with Crippen molar-refractivity contribution in [1.82, 2.24) is 0 Å². The van der Waals surface area contributed by atoms with E-state index in [0.29, 0.717) is 18.1 Å². The van der Waals surface area contributed by atoms with Crippen LogP contribution in [0.2, 0.25) is 0 Å². The number of nitrogens with two attached hydrogens (primary N) is 1. The van der Waals surface area contributed by atoms with E-state index in [0.717, 1.165) is 6.42 Å². The molecule has 1 fully saturated rings. The van der Waals surface area contributed by atoms with Gasteiger partial charge in [-0.15, -0.1) is 0 Å². The zero-order valence-corrected chi connectivity index (χ0v) is 6.84. The average molecular weight is 143 g/mol. The first-order valence-corrected chi connectivity index (χ1v) is 4.02. The molecule has 0 amide bonds. The van der Waals surface area contributed by atoms with Crippen molar-refractivity contribution in [1.29, 1.82) is 0 Å². The smallest absolute Gasteiger partial charge is 0.0586 e.